The Balaban J connectivity index is 2.17. The second kappa shape index (κ2) is 4.76. The smallest absolute Gasteiger partial charge is 0.123 e. The minimum Gasteiger partial charge on any atom is -0.388 e. The highest BCUT2D eigenvalue weighted by molar-refractivity contribution is 7.09. The topological polar surface area (TPSA) is 20.2 Å². The predicted octanol–water partition coefficient (Wildman–Crippen LogP) is 3.47. The molecule has 1 aromatic heterocycles. The van der Waals surface area contributed by atoms with E-state index in [1.807, 2.05) is 30.5 Å². The summed E-state index contributed by atoms with van der Waals surface area (Å²) in [6.07, 6.45) is -0.0892. The first-order chi connectivity index (χ1) is 7.65. The third-order valence-corrected chi connectivity index (χ3v) is 3.32. The van der Waals surface area contributed by atoms with Crippen molar-refractivity contribution in [1.82, 2.24) is 0 Å². The van der Waals surface area contributed by atoms with Crippen molar-refractivity contribution >= 4 is 11.3 Å². The molecule has 0 bridgehead atoms. The van der Waals surface area contributed by atoms with Gasteiger partial charge in [-0.1, -0.05) is 12.1 Å². The molecule has 0 fully saturated rings. The van der Waals surface area contributed by atoms with E-state index in [9.17, 15) is 9.50 Å². The van der Waals surface area contributed by atoms with Crippen LogP contribution < -0.4 is 0 Å². The first-order valence-electron chi connectivity index (χ1n) is 5.12. The van der Waals surface area contributed by atoms with Crippen LogP contribution in [0.4, 0.5) is 4.39 Å². The second-order valence-corrected chi connectivity index (χ2v) is 4.89. The summed E-state index contributed by atoms with van der Waals surface area (Å²) in [6.45, 7) is 1.82. The average Bonchev–Trinajstić information content (AvgIpc) is 2.68. The standard InChI is InChI=1S/C13H13FOS/c1-9-5-10(7-11(14)6-9)13(15)8-12-3-2-4-16-12/h2-7,13,15H,8H2,1H3. The molecular formula is C13H13FOS. The van der Waals surface area contributed by atoms with Gasteiger partial charge in [-0.05, 0) is 41.6 Å². The van der Waals surface area contributed by atoms with Crippen LogP contribution in [-0.4, -0.2) is 5.11 Å². The Kier molecular flexibility index (Phi) is 3.36. The Bertz CT molecular complexity index is 445. The number of hydrogen-bond acceptors (Lipinski definition) is 2. The zero-order valence-corrected chi connectivity index (χ0v) is 9.80. The molecule has 0 amide bonds. The van der Waals surface area contributed by atoms with Crippen molar-refractivity contribution in [2.24, 2.45) is 0 Å². The lowest BCUT2D eigenvalue weighted by Gasteiger charge is -2.10. The monoisotopic (exact) mass is 236 g/mol. The normalized spacial score (nSPS) is 12.7. The third kappa shape index (κ3) is 2.68. The number of aliphatic hydroxyl groups excluding tert-OH is 1. The van der Waals surface area contributed by atoms with E-state index in [0.29, 0.717) is 12.0 Å². The minimum atomic E-state index is -0.631. The Morgan fingerprint density at radius 3 is 2.81 bits per heavy atom. The molecule has 0 spiro atoms. The summed E-state index contributed by atoms with van der Waals surface area (Å²) < 4.78 is 13.2. The fourth-order valence-electron chi connectivity index (χ4n) is 1.69. The van der Waals surface area contributed by atoms with Crippen LogP contribution in [0.15, 0.2) is 35.7 Å². The van der Waals surface area contributed by atoms with Gasteiger partial charge in [-0.2, -0.15) is 0 Å². The van der Waals surface area contributed by atoms with Crippen LogP contribution in [0.2, 0.25) is 0 Å². The summed E-state index contributed by atoms with van der Waals surface area (Å²) in [6, 6.07) is 8.59. The first-order valence-corrected chi connectivity index (χ1v) is 6.00. The molecule has 3 heteroatoms. The first kappa shape index (κ1) is 11.3. The molecule has 16 heavy (non-hydrogen) atoms. The summed E-state index contributed by atoms with van der Waals surface area (Å²) in [5.41, 5.74) is 1.48. The van der Waals surface area contributed by atoms with Gasteiger partial charge in [0.05, 0.1) is 6.10 Å². The quantitative estimate of drug-likeness (QED) is 0.865. The van der Waals surface area contributed by atoms with E-state index in [4.69, 9.17) is 0 Å². The lowest BCUT2D eigenvalue weighted by Crippen LogP contribution is -2.01. The van der Waals surface area contributed by atoms with E-state index in [0.717, 1.165) is 10.4 Å². The predicted molar refractivity (Wildman–Crippen MR) is 64.1 cm³/mol. The molecule has 1 N–H and O–H groups in total. The third-order valence-electron chi connectivity index (χ3n) is 2.42. The van der Waals surface area contributed by atoms with Crippen molar-refractivity contribution in [3.63, 3.8) is 0 Å². The van der Waals surface area contributed by atoms with Gasteiger partial charge in [-0.3, -0.25) is 0 Å². The number of thiophene rings is 1. The maximum atomic E-state index is 13.2. The van der Waals surface area contributed by atoms with Gasteiger partial charge >= 0.3 is 0 Å². The van der Waals surface area contributed by atoms with Crippen LogP contribution in [-0.2, 0) is 6.42 Å². The number of aryl methyl sites for hydroxylation is 1. The highest BCUT2D eigenvalue weighted by Crippen LogP contribution is 2.22. The van der Waals surface area contributed by atoms with Gasteiger partial charge in [0, 0.05) is 11.3 Å². The van der Waals surface area contributed by atoms with E-state index >= 15 is 0 Å². The molecule has 0 saturated heterocycles. The van der Waals surface area contributed by atoms with E-state index in [2.05, 4.69) is 0 Å². The molecule has 1 atom stereocenters. The molecule has 0 saturated carbocycles. The number of aliphatic hydroxyl groups is 1. The van der Waals surface area contributed by atoms with Crippen molar-refractivity contribution in [3.05, 3.63) is 57.5 Å². The van der Waals surface area contributed by atoms with E-state index in [-0.39, 0.29) is 5.82 Å². The van der Waals surface area contributed by atoms with Gasteiger partial charge in [0.2, 0.25) is 0 Å². The molecule has 1 aromatic carbocycles. The highest BCUT2D eigenvalue weighted by atomic mass is 32.1. The van der Waals surface area contributed by atoms with Gasteiger partial charge in [0.15, 0.2) is 0 Å². The molecule has 0 radical (unpaired) electrons. The van der Waals surface area contributed by atoms with E-state index < -0.39 is 6.10 Å². The number of hydrogen-bond donors (Lipinski definition) is 1. The molecule has 0 aliphatic carbocycles. The molecular weight excluding hydrogens is 223 g/mol. The highest BCUT2D eigenvalue weighted by Gasteiger charge is 2.10. The van der Waals surface area contributed by atoms with E-state index in [1.54, 1.807) is 11.3 Å². The number of benzene rings is 1. The molecule has 0 aliphatic rings. The van der Waals surface area contributed by atoms with Crippen molar-refractivity contribution in [3.8, 4) is 0 Å². The fourth-order valence-corrected chi connectivity index (χ4v) is 2.44. The Morgan fingerprint density at radius 2 is 2.19 bits per heavy atom. The van der Waals surface area contributed by atoms with Crippen LogP contribution in [0, 0.1) is 12.7 Å². The van der Waals surface area contributed by atoms with E-state index in [1.165, 1.54) is 12.1 Å². The molecule has 84 valence electrons. The van der Waals surface area contributed by atoms with Crippen LogP contribution >= 0.6 is 11.3 Å². The maximum Gasteiger partial charge on any atom is 0.123 e. The average molecular weight is 236 g/mol. The number of halogens is 1. The molecule has 1 heterocycles. The Morgan fingerprint density at radius 1 is 1.38 bits per heavy atom. The minimum absolute atomic E-state index is 0.291. The van der Waals surface area contributed by atoms with Crippen molar-refractivity contribution in [2.75, 3.05) is 0 Å². The summed E-state index contributed by atoms with van der Waals surface area (Å²) in [4.78, 5) is 1.11. The fraction of sp³-hybridized carbons (Fsp3) is 0.231. The Labute approximate surface area is 98.2 Å². The van der Waals surface area contributed by atoms with Crippen LogP contribution in [0.25, 0.3) is 0 Å². The lowest BCUT2D eigenvalue weighted by molar-refractivity contribution is 0.179. The summed E-state index contributed by atoms with van der Waals surface area (Å²) in [7, 11) is 0. The van der Waals surface area contributed by atoms with Crippen LogP contribution in [0.5, 0.6) is 0 Å². The van der Waals surface area contributed by atoms with Crippen LogP contribution in [0.1, 0.15) is 22.1 Å². The van der Waals surface area contributed by atoms with Crippen molar-refractivity contribution < 1.29 is 9.50 Å². The number of rotatable bonds is 3. The lowest BCUT2D eigenvalue weighted by atomic mass is 10.0. The van der Waals surface area contributed by atoms with Gasteiger partial charge in [0.1, 0.15) is 5.82 Å². The van der Waals surface area contributed by atoms with Crippen molar-refractivity contribution in [2.45, 2.75) is 19.4 Å². The second-order valence-electron chi connectivity index (χ2n) is 3.86. The summed E-state index contributed by atoms with van der Waals surface area (Å²) in [5, 5.41) is 12.0. The molecule has 0 aliphatic heterocycles. The van der Waals surface area contributed by atoms with Crippen molar-refractivity contribution in [1.29, 1.82) is 0 Å². The van der Waals surface area contributed by atoms with Crippen LogP contribution in [0.3, 0.4) is 0 Å². The zero-order valence-electron chi connectivity index (χ0n) is 8.98. The molecule has 2 aromatic rings. The summed E-state index contributed by atoms with van der Waals surface area (Å²) >= 11 is 1.60. The largest absolute Gasteiger partial charge is 0.388 e. The molecule has 2 rings (SSSR count). The SMILES string of the molecule is Cc1cc(F)cc(C(O)Cc2cccs2)c1. The summed E-state index contributed by atoms with van der Waals surface area (Å²) in [5.74, 6) is -0.291. The Hall–Kier alpha value is -1.19. The van der Waals surface area contributed by atoms with Gasteiger partial charge in [0.25, 0.3) is 0 Å². The zero-order chi connectivity index (χ0) is 11.5. The maximum absolute atomic E-state index is 13.2. The van der Waals surface area contributed by atoms with Gasteiger partial charge < -0.3 is 5.11 Å². The van der Waals surface area contributed by atoms with Gasteiger partial charge in [-0.25, -0.2) is 4.39 Å². The molecule has 1 unspecified atom stereocenters. The van der Waals surface area contributed by atoms with Gasteiger partial charge in [-0.15, -0.1) is 11.3 Å². The molecule has 1 nitrogen and oxygen atoms in total.